The summed E-state index contributed by atoms with van der Waals surface area (Å²) in [6.45, 7) is 2.08. The van der Waals surface area contributed by atoms with Crippen LogP contribution in [-0.2, 0) is 6.42 Å². The van der Waals surface area contributed by atoms with E-state index in [9.17, 15) is 0 Å². The second kappa shape index (κ2) is 3.19. The molecule has 0 unspecified atom stereocenters. The number of pyridine rings is 1. The molecule has 0 bridgehead atoms. The minimum absolute atomic E-state index is 0. The predicted molar refractivity (Wildman–Crippen MR) is 32.5 cm³/mol. The summed E-state index contributed by atoms with van der Waals surface area (Å²) in [4.78, 5) is 3.97. The molecule has 0 N–H and O–H groups in total. The Morgan fingerprint density at radius 3 is 2.78 bits per heavy atom. The third kappa shape index (κ3) is 1.59. The van der Waals surface area contributed by atoms with Gasteiger partial charge >= 0.3 is 0 Å². The van der Waals surface area contributed by atoms with Crippen LogP contribution >= 0.6 is 0 Å². The molecule has 44 valence electrons. The maximum atomic E-state index is 3.97. The molecule has 1 heterocycles. The Balaban J connectivity index is 0.000000640. The molecule has 2 heteroatoms. The Hall–Kier alpha value is -1.85. The molecule has 1 nitrogen and oxygen atoms in total. The molecule has 0 aliphatic carbocycles. The zero-order chi connectivity index (χ0) is 5.82. The van der Waals surface area contributed by atoms with Gasteiger partial charge in [0.05, 0.1) is 0 Å². The van der Waals surface area contributed by atoms with Gasteiger partial charge < -0.3 is 4.98 Å². The first-order chi connectivity index (χ1) is 3.93. The van der Waals surface area contributed by atoms with Crippen LogP contribution in [0.1, 0.15) is 12.6 Å². The third-order valence-electron chi connectivity index (χ3n) is 1.03. The van der Waals surface area contributed by atoms with E-state index in [1.54, 1.807) is 6.07 Å². The molecule has 0 saturated heterocycles. The van der Waals surface area contributed by atoms with E-state index in [0.717, 1.165) is 12.1 Å². The normalized spacial score (nSPS) is 8.11. The van der Waals surface area contributed by atoms with Crippen LogP contribution in [0.4, 0.5) is 0 Å². The maximum Gasteiger partial charge on any atom is 0 e. The fraction of sp³-hybridized carbons (Fsp3) is 0.286. The molecule has 1 aromatic heterocycles. The summed E-state index contributed by atoms with van der Waals surface area (Å²) in [5, 5.41) is 0. The van der Waals surface area contributed by atoms with Gasteiger partial charge in [-0.1, -0.05) is 25.2 Å². The SMILES string of the molecule is CCc1ccc[c-]n1.[Rf]. The number of hydrogen-bond donors (Lipinski definition) is 0. The van der Waals surface area contributed by atoms with Crippen LogP contribution in [0.2, 0.25) is 0 Å². The van der Waals surface area contributed by atoms with Gasteiger partial charge in [0, 0.05) is 0 Å². The summed E-state index contributed by atoms with van der Waals surface area (Å²) in [6, 6.07) is 5.75. The van der Waals surface area contributed by atoms with Gasteiger partial charge in [0.25, 0.3) is 0 Å². The van der Waals surface area contributed by atoms with E-state index in [1.807, 2.05) is 12.1 Å². The fourth-order valence-electron chi connectivity index (χ4n) is 0.557. The van der Waals surface area contributed by atoms with E-state index < -0.39 is 0 Å². The number of aryl methyl sites for hydroxylation is 1. The Morgan fingerprint density at radius 1 is 1.67 bits per heavy atom. The van der Waals surface area contributed by atoms with Crippen molar-refractivity contribution in [3.63, 3.8) is 0 Å². The molecule has 1 aromatic rings. The number of rotatable bonds is 1. The van der Waals surface area contributed by atoms with Crippen molar-refractivity contribution < 1.29 is 0 Å². The fourth-order valence-corrected chi connectivity index (χ4v) is 0.557. The predicted octanol–water partition coefficient (Wildman–Crippen LogP) is 1.44. The van der Waals surface area contributed by atoms with Crippen LogP contribution in [-0.4, -0.2) is 4.98 Å². The Labute approximate surface area is 49.4 Å². The molecule has 1 rings (SSSR count). The molecule has 0 aliphatic heterocycles. The maximum absolute atomic E-state index is 3.97. The van der Waals surface area contributed by atoms with E-state index in [-0.39, 0.29) is 0 Å². The third-order valence-corrected chi connectivity index (χ3v) is 1.03. The van der Waals surface area contributed by atoms with Gasteiger partial charge in [-0.2, -0.15) is 18.2 Å². The Bertz CT molecular complexity index is 150. The van der Waals surface area contributed by atoms with Crippen LogP contribution in [0.3, 0.4) is 0 Å². The summed E-state index contributed by atoms with van der Waals surface area (Å²) >= 11 is 0. The summed E-state index contributed by atoms with van der Waals surface area (Å²) in [6.07, 6.45) is 3.76. The summed E-state index contributed by atoms with van der Waals surface area (Å²) in [5.41, 5.74) is 1.10. The molecular formula is C7H8NRf-. The van der Waals surface area contributed by atoms with E-state index in [2.05, 4.69) is 18.1 Å². The average Bonchev–Trinajstić information content (AvgIpc) is 1.90. The van der Waals surface area contributed by atoms with Gasteiger partial charge in [0.1, 0.15) is 0 Å². The van der Waals surface area contributed by atoms with Crippen molar-refractivity contribution in [1.29, 1.82) is 0 Å². The van der Waals surface area contributed by atoms with Crippen molar-refractivity contribution in [2.24, 2.45) is 0 Å². The molecule has 0 saturated carbocycles. The average molecular weight is 373 g/mol. The van der Waals surface area contributed by atoms with E-state index in [0.29, 0.717) is 0 Å². The van der Waals surface area contributed by atoms with Crippen LogP contribution in [0.5, 0.6) is 0 Å². The van der Waals surface area contributed by atoms with E-state index in [1.165, 1.54) is 0 Å². The molecule has 0 spiro atoms. The zero-order valence-electron chi connectivity index (χ0n) is 5.59. The smallest absolute Gasteiger partial charge is 0 e. The minimum atomic E-state index is 0. The monoisotopic (exact) mass is 373 g/mol. The molecule has 0 radical (unpaired) electrons. The van der Waals surface area contributed by atoms with Crippen molar-refractivity contribution >= 4 is 0 Å². The van der Waals surface area contributed by atoms with Gasteiger partial charge in [-0.05, 0) is 0 Å². The zero-order valence-corrected chi connectivity index (χ0v) is 12.0. The van der Waals surface area contributed by atoms with Gasteiger partial charge in [-0.25, -0.2) is 0 Å². The number of nitrogens with zero attached hydrogens (tertiary/aromatic N) is 1. The van der Waals surface area contributed by atoms with Crippen LogP contribution in [0.15, 0.2) is 18.2 Å². The van der Waals surface area contributed by atoms with Crippen molar-refractivity contribution in [3.05, 3.63) is 30.1 Å². The van der Waals surface area contributed by atoms with E-state index in [4.69, 9.17) is 0 Å². The first-order valence-corrected chi connectivity index (χ1v) is 2.75. The van der Waals surface area contributed by atoms with Gasteiger partial charge in [-0.3, -0.25) is 0 Å². The van der Waals surface area contributed by atoms with Crippen molar-refractivity contribution in [3.8, 4) is 0 Å². The second-order valence-electron chi connectivity index (χ2n) is 1.61. The summed E-state index contributed by atoms with van der Waals surface area (Å²) < 4.78 is 0. The summed E-state index contributed by atoms with van der Waals surface area (Å²) in [7, 11) is 0. The van der Waals surface area contributed by atoms with Crippen LogP contribution < -0.4 is 0 Å². The van der Waals surface area contributed by atoms with Gasteiger partial charge in [0.15, 0.2) is 0 Å². The topological polar surface area (TPSA) is 12.9 Å². The Morgan fingerprint density at radius 2 is 2.44 bits per heavy atom. The molecule has 0 aromatic carbocycles. The first-order valence-electron chi connectivity index (χ1n) is 2.75. The summed E-state index contributed by atoms with van der Waals surface area (Å²) in [5.74, 6) is 0. The molecule has 0 amide bonds. The standard InChI is InChI=1S/C7H8N.Rf/c1-2-7-5-3-4-6-8-7;/h3-5H,2H2,1H3;/q-1;. The van der Waals surface area contributed by atoms with Gasteiger partial charge in [0.2, 0.25) is 0 Å². The minimum Gasteiger partial charge on any atom is -0.391 e. The molecular weight excluding hydrogens is 365 g/mol. The number of hydrogen-bond acceptors (Lipinski definition) is 1. The van der Waals surface area contributed by atoms with Gasteiger partial charge in [-0.15, -0.1) is 0 Å². The van der Waals surface area contributed by atoms with Crippen LogP contribution in [0.25, 0.3) is 0 Å². The second-order valence-corrected chi connectivity index (χ2v) is 1.61. The quantitative estimate of drug-likeness (QED) is 0.680. The van der Waals surface area contributed by atoms with Crippen molar-refractivity contribution in [2.75, 3.05) is 0 Å². The molecule has 0 aliphatic rings. The van der Waals surface area contributed by atoms with Crippen molar-refractivity contribution in [1.82, 2.24) is 4.98 Å². The Kier molecular flexibility index (Phi) is 2.53. The van der Waals surface area contributed by atoms with Crippen molar-refractivity contribution in [2.45, 2.75) is 13.3 Å². The molecule has 0 atom stereocenters. The number of aromatic nitrogens is 1. The largest absolute Gasteiger partial charge is 0.391 e. The van der Waals surface area contributed by atoms with E-state index >= 15 is 0 Å². The molecule has 0 fully saturated rings. The first kappa shape index (κ1) is 7.15. The molecule has 9 heavy (non-hydrogen) atoms. The van der Waals surface area contributed by atoms with Crippen LogP contribution in [0, 0.1) is 6.20 Å².